The van der Waals surface area contributed by atoms with Crippen molar-refractivity contribution in [3.63, 3.8) is 0 Å². The van der Waals surface area contributed by atoms with Gasteiger partial charge < -0.3 is 4.74 Å². The van der Waals surface area contributed by atoms with E-state index in [1.165, 1.54) is 36.4 Å². The Kier molecular flexibility index (Phi) is 4.71. The molecule has 0 atom stereocenters. The minimum atomic E-state index is -4.64. The molecule has 0 aliphatic heterocycles. The van der Waals surface area contributed by atoms with Crippen molar-refractivity contribution in [2.45, 2.75) is 15.5 Å². The van der Waals surface area contributed by atoms with E-state index in [2.05, 4.69) is 0 Å². The number of hydrogen-bond donors (Lipinski definition) is 0. The number of hydrogen-bond acceptors (Lipinski definition) is 5. The van der Waals surface area contributed by atoms with Crippen molar-refractivity contribution in [2.75, 3.05) is 6.26 Å². The third kappa shape index (κ3) is 4.05. The Morgan fingerprint density at radius 3 is 1.52 bits per heavy atom. The summed E-state index contributed by atoms with van der Waals surface area (Å²) in [6, 6.07) is 10.1. The van der Waals surface area contributed by atoms with Gasteiger partial charge in [-0.25, -0.2) is 16.8 Å². The summed E-state index contributed by atoms with van der Waals surface area (Å²) in [5, 5.41) is 0. The van der Waals surface area contributed by atoms with Gasteiger partial charge in [-0.15, -0.1) is 0 Å². The predicted octanol–water partition coefficient (Wildman–Crippen LogP) is 2.88. The van der Waals surface area contributed by atoms with Crippen LogP contribution in [0, 0.1) is 0 Å². The third-order valence-electron chi connectivity index (χ3n) is 2.87. The first-order valence-electron chi connectivity index (χ1n) is 6.21. The molecule has 0 bridgehead atoms. The monoisotopic (exact) mass is 362 g/mol. The Bertz CT molecular complexity index is 887. The van der Waals surface area contributed by atoms with Gasteiger partial charge in [0, 0.05) is 6.26 Å². The van der Waals surface area contributed by atoms with Crippen LogP contribution in [0.25, 0.3) is 0 Å². The molecule has 0 N–H and O–H groups in total. The van der Waals surface area contributed by atoms with Gasteiger partial charge in [0.2, 0.25) is 9.84 Å². The lowest BCUT2D eigenvalue weighted by atomic mass is 10.3. The van der Waals surface area contributed by atoms with Gasteiger partial charge in [-0.2, -0.15) is 8.78 Å². The summed E-state index contributed by atoms with van der Waals surface area (Å²) >= 11 is 0. The van der Waals surface area contributed by atoms with Gasteiger partial charge in [0.15, 0.2) is 9.84 Å². The molecule has 9 heteroatoms. The van der Waals surface area contributed by atoms with Crippen LogP contribution in [-0.4, -0.2) is 28.8 Å². The van der Waals surface area contributed by atoms with Gasteiger partial charge in [-0.05, 0) is 48.5 Å². The lowest BCUT2D eigenvalue weighted by Gasteiger charge is -2.08. The first kappa shape index (κ1) is 17.4. The van der Waals surface area contributed by atoms with Gasteiger partial charge in [-0.1, -0.05) is 0 Å². The molecule has 23 heavy (non-hydrogen) atoms. The maximum Gasteiger partial charge on any atom is 0.341 e. The van der Waals surface area contributed by atoms with E-state index in [0.717, 1.165) is 18.4 Å². The zero-order chi connectivity index (χ0) is 17.3. The largest absolute Gasteiger partial charge is 0.457 e. The molecule has 2 rings (SSSR count). The lowest BCUT2D eigenvalue weighted by Crippen LogP contribution is -2.11. The molecule has 0 aliphatic carbocycles. The minimum absolute atomic E-state index is 0.128. The fourth-order valence-electron chi connectivity index (χ4n) is 1.69. The smallest absolute Gasteiger partial charge is 0.341 e. The van der Waals surface area contributed by atoms with Crippen LogP contribution < -0.4 is 4.74 Å². The van der Waals surface area contributed by atoms with Crippen LogP contribution in [-0.2, 0) is 19.7 Å². The topological polar surface area (TPSA) is 77.5 Å². The van der Waals surface area contributed by atoms with Crippen LogP contribution in [0.5, 0.6) is 11.5 Å². The van der Waals surface area contributed by atoms with E-state index in [1.807, 2.05) is 0 Å². The lowest BCUT2D eigenvalue weighted by molar-refractivity contribution is 0.234. The number of sulfone groups is 2. The summed E-state index contributed by atoms with van der Waals surface area (Å²) in [5.74, 6) is -2.94. The van der Waals surface area contributed by atoms with E-state index in [0.29, 0.717) is 5.75 Å². The molecule has 0 saturated carbocycles. The van der Waals surface area contributed by atoms with Crippen molar-refractivity contribution in [3.8, 4) is 11.5 Å². The Hall–Kier alpha value is -2.00. The van der Waals surface area contributed by atoms with E-state index in [4.69, 9.17) is 4.74 Å². The second-order valence-corrected chi connectivity index (χ2v) is 8.56. The highest BCUT2D eigenvalue weighted by atomic mass is 32.2. The molecule has 2 aromatic rings. The molecule has 2 aromatic carbocycles. The predicted molar refractivity (Wildman–Crippen MR) is 79.3 cm³/mol. The third-order valence-corrected chi connectivity index (χ3v) is 5.40. The van der Waals surface area contributed by atoms with Crippen LogP contribution in [0.2, 0.25) is 0 Å². The number of alkyl halides is 2. The quantitative estimate of drug-likeness (QED) is 0.817. The molecule has 124 valence electrons. The number of rotatable bonds is 5. The summed E-state index contributed by atoms with van der Waals surface area (Å²) in [7, 11) is -7.96. The second kappa shape index (κ2) is 6.25. The molecule has 0 aromatic heterocycles. The number of benzene rings is 2. The summed E-state index contributed by atoms with van der Waals surface area (Å²) < 4.78 is 75.5. The first-order chi connectivity index (χ1) is 10.6. The molecule has 5 nitrogen and oxygen atoms in total. The molecule has 0 radical (unpaired) electrons. The highest BCUT2D eigenvalue weighted by Gasteiger charge is 2.26. The van der Waals surface area contributed by atoms with Crippen molar-refractivity contribution in [2.24, 2.45) is 0 Å². The highest BCUT2D eigenvalue weighted by Crippen LogP contribution is 2.25. The van der Waals surface area contributed by atoms with Crippen molar-refractivity contribution in [1.82, 2.24) is 0 Å². The Balaban J connectivity index is 2.19. The van der Waals surface area contributed by atoms with Crippen LogP contribution in [0.15, 0.2) is 58.3 Å². The fourth-order valence-corrected chi connectivity index (χ4v) is 3.04. The molecule has 0 saturated heterocycles. The SMILES string of the molecule is CS(=O)(=O)c1ccc(Oc2ccc(S(=O)(=O)C(F)F)cc2)cc1. The van der Waals surface area contributed by atoms with E-state index < -0.39 is 30.3 Å². The standard InChI is InChI=1S/C14H12F2O5S2/c1-22(17,18)12-6-2-10(3-7-12)21-11-4-8-13(9-5-11)23(19,20)14(15)16/h2-9,14H,1H3. The van der Waals surface area contributed by atoms with Crippen molar-refractivity contribution in [1.29, 1.82) is 0 Å². The maximum atomic E-state index is 12.4. The second-order valence-electron chi connectivity index (χ2n) is 4.62. The first-order valence-corrected chi connectivity index (χ1v) is 9.64. The van der Waals surface area contributed by atoms with Crippen LogP contribution in [0.1, 0.15) is 0 Å². The highest BCUT2D eigenvalue weighted by molar-refractivity contribution is 7.91. The average molecular weight is 362 g/mol. The van der Waals surface area contributed by atoms with Crippen LogP contribution in [0.4, 0.5) is 8.78 Å². The van der Waals surface area contributed by atoms with E-state index >= 15 is 0 Å². The summed E-state index contributed by atoms with van der Waals surface area (Å²) in [5.41, 5.74) is 0. The average Bonchev–Trinajstić information content (AvgIpc) is 2.47. The Labute approximate surface area is 132 Å². The number of ether oxygens (including phenoxy) is 1. The van der Waals surface area contributed by atoms with Crippen molar-refractivity contribution in [3.05, 3.63) is 48.5 Å². The van der Waals surface area contributed by atoms with Gasteiger partial charge >= 0.3 is 5.76 Å². The number of halogens is 2. The normalized spacial score (nSPS) is 12.3. The van der Waals surface area contributed by atoms with E-state index in [1.54, 1.807) is 0 Å². The van der Waals surface area contributed by atoms with Crippen molar-refractivity contribution < 1.29 is 30.4 Å². The molecule has 0 amide bonds. The molecular formula is C14H12F2O5S2. The molecule has 0 spiro atoms. The molecule has 0 unspecified atom stereocenters. The molecule has 0 fully saturated rings. The van der Waals surface area contributed by atoms with Crippen molar-refractivity contribution >= 4 is 19.7 Å². The summed E-state index contributed by atoms with van der Waals surface area (Å²) in [4.78, 5) is -0.379. The van der Waals surface area contributed by atoms with Gasteiger partial charge in [-0.3, -0.25) is 0 Å². The van der Waals surface area contributed by atoms with Crippen LogP contribution in [0.3, 0.4) is 0 Å². The van der Waals surface area contributed by atoms with E-state index in [-0.39, 0.29) is 10.6 Å². The summed E-state index contributed by atoms with van der Waals surface area (Å²) in [6.45, 7) is 0. The van der Waals surface area contributed by atoms with Gasteiger partial charge in [0.05, 0.1) is 9.79 Å². The Morgan fingerprint density at radius 1 is 0.783 bits per heavy atom. The van der Waals surface area contributed by atoms with Crippen LogP contribution >= 0.6 is 0 Å². The van der Waals surface area contributed by atoms with E-state index in [9.17, 15) is 25.6 Å². The zero-order valence-corrected chi connectivity index (χ0v) is 13.4. The molecule has 0 aliphatic rings. The Morgan fingerprint density at radius 2 is 1.17 bits per heavy atom. The fraction of sp³-hybridized carbons (Fsp3) is 0.143. The minimum Gasteiger partial charge on any atom is -0.457 e. The van der Waals surface area contributed by atoms with Gasteiger partial charge in [0.25, 0.3) is 0 Å². The zero-order valence-electron chi connectivity index (χ0n) is 11.8. The summed E-state index contributed by atoms with van der Waals surface area (Å²) in [6.07, 6.45) is 1.07. The molecule has 0 heterocycles. The maximum absolute atomic E-state index is 12.4. The molecular weight excluding hydrogens is 350 g/mol. The van der Waals surface area contributed by atoms with Gasteiger partial charge in [0.1, 0.15) is 11.5 Å².